The lowest BCUT2D eigenvalue weighted by Crippen LogP contribution is -2.53. The SMILES string of the molecule is CNC(=O)C(Cc1ccccc1)N(Cc1ccccc1F)C(=O)CN(c1ccc(Cl)c(Cl)c1)S(C)(=O)=O. The van der Waals surface area contributed by atoms with Crippen molar-refractivity contribution in [3.63, 3.8) is 0 Å². The summed E-state index contributed by atoms with van der Waals surface area (Å²) in [6.07, 6.45) is 1.08. The van der Waals surface area contributed by atoms with Gasteiger partial charge in [0.15, 0.2) is 0 Å². The van der Waals surface area contributed by atoms with Crippen molar-refractivity contribution in [3.8, 4) is 0 Å². The molecule has 7 nitrogen and oxygen atoms in total. The summed E-state index contributed by atoms with van der Waals surface area (Å²) in [5, 5.41) is 2.88. The van der Waals surface area contributed by atoms with Crippen LogP contribution >= 0.6 is 23.2 Å². The average molecular weight is 566 g/mol. The zero-order chi connectivity index (χ0) is 27.2. The lowest BCUT2D eigenvalue weighted by atomic mass is 10.0. The summed E-state index contributed by atoms with van der Waals surface area (Å²) in [5.41, 5.74) is 1.07. The first-order valence-corrected chi connectivity index (χ1v) is 13.8. The molecule has 0 aromatic heterocycles. The fourth-order valence-corrected chi connectivity index (χ4v) is 4.92. The van der Waals surface area contributed by atoms with E-state index in [0.29, 0.717) is 0 Å². The van der Waals surface area contributed by atoms with Crippen LogP contribution in [-0.4, -0.2) is 51.0 Å². The normalized spacial score (nSPS) is 12.0. The molecule has 37 heavy (non-hydrogen) atoms. The summed E-state index contributed by atoms with van der Waals surface area (Å²) in [6, 6.07) is 18.0. The van der Waals surface area contributed by atoms with Crippen molar-refractivity contribution in [2.45, 2.75) is 19.0 Å². The molecule has 1 N–H and O–H groups in total. The van der Waals surface area contributed by atoms with Crippen molar-refractivity contribution in [1.29, 1.82) is 0 Å². The molecule has 0 heterocycles. The van der Waals surface area contributed by atoms with Gasteiger partial charge < -0.3 is 10.2 Å². The second-order valence-electron chi connectivity index (χ2n) is 8.30. The monoisotopic (exact) mass is 565 g/mol. The highest BCUT2D eigenvalue weighted by atomic mass is 35.5. The number of hydrogen-bond acceptors (Lipinski definition) is 4. The van der Waals surface area contributed by atoms with Crippen LogP contribution in [-0.2, 0) is 32.6 Å². The highest BCUT2D eigenvalue weighted by molar-refractivity contribution is 7.92. The van der Waals surface area contributed by atoms with Crippen LogP contribution < -0.4 is 9.62 Å². The molecule has 2 amide bonds. The third-order valence-corrected chi connectivity index (χ3v) is 7.57. The number of carbonyl (C=O) groups is 2. The van der Waals surface area contributed by atoms with Gasteiger partial charge in [0.05, 0.1) is 22.0 Å². The molecule has 0 saturated heterocycles. The molecule has 3 aromatic carbocycles. The number of benzene rings is 3. The van der Waals surface area contributed by atoms with Gasteiger partial charge in [0.25, 0.3) is 0 Å². The van der Waals surface area contributed by atoms with Crippen molar-refractivity contribution in [2.24, 2.45) is 0 Å². The average Bonchev–Trinajstić information content (AvgIpc) is 2.86. The fraction of sp³-hybridized carbons (Fsp3) is 0.231. The van der Waals surface area contributed by atoms with Crippen LogP contribution in [0.15, 0.2) is 72.8 Å². The van der Waals surface area contributed by atoms with Crippen molar-refractivity contribution in [2.75, 3.05) is 24.2 Å². The Morgan fingerprint density at radius 2 is 1.62 bits per heavy atom. The maximum absolute atomic E-state index is 14.6. The molecule has 0 saturated carbocycles. The summed E-state index contributed by atoms with van der Waals surface area (Å²) in [7, 11) is -2.52. The molecule has 0 aliphatic rings. The number of sulfonamides is 1. The maximum atomic E-state index is 14.6. The largest absolute Gasteiger partial charge is 0.357 e. The lowest BCUT2D eigenvalue weighted by Gasteiger charge is -2.33. The van der Waals surface area contributed by atoms with E-state index < -0.39 is 40.2 Å². The summed E-state index contributed by atoms with van der Waals surface area (Å²) >= 11 is 12.1. The number of hydrogen-bond donors (Lipinski definition) is 1. The molecular weight excluding hydrogens is 540 g/mol. The van der Waals surface area contributed by atoms with Gasteiger partial charge in [-0.3, -0.25) is 13.9 Å². The first-order valence-electron chi connectivity index (χ1n) is 11.2. The van der Waals surface area contributed by atoms with Crippen molar-refractivity contribution >= 4 is 50.7 Å². The first kappa shape index (κ1) is 28.4. The summed E-state index contributed by atoms with van der Waals surface area (Å²) in [4.78, 5) is 28.0. The molecule has 0 aliphatic heterocycles. The van der Waals surface area contributed by atoms with Crippen LogP contribution in [0.5, 0.6) is 0 Å². The number of rotatable bonds is 10. The van der Waals surface area contributed by atoms with Gasteiger partial charge in [-0.05, 0) is 29.8 Å². The van der Waals surface area contributed by atoms with E-state index in [1.807, 2.05) is 6.07 Å². The Morgan fingerprint density at radius 1 is 0.973 bits per heavy atom. The molecule has 0 bridgehead atoms. The number of nitrogens with zero attached hydrogens (tertiary/aromatic N) is 2. The molecule has 1 unspecified atom stereocenters. The second-order valence-corrected chi connectivity index (χ2v) is 11.0. The van der Waals surface area contributed by atoms with Crippen LogP contribution in [0.2, 0.25) is 10.0 Å². The number of likely N-dealkylation sites (N-methyl/N-ethyl adjacent to an activating group) is 1. The highest BCUT2D eigenvalue weighted by Crippen LogP contribution is 2.29. The van der Waals surface area contributed by atoms with Crippen LogP contribution in [0.3, 0.4) is 0 Å². The van der Waals surface area contributed by atoms with Crippen LogP contribution in [0.25, 0.3) is 0 Å². The Bertz CT molecular complexity index is 1370. The fourth-order valence-electron chi connectivity index (χ4n) is 3.78. The minimum atomic E-state index is -3.96. The quantitative estimate of drug-likeness (QED) is 0.397. The Hall–Kier alpha value is -3.14. The topological polar surface area (TPSA) is 86.8 Å². The standard InChI is InChI=1S/C26H26Cl2FN3O4S/c1-30-26(34)24(14-18-8-4-3-5-9-18)31(16-19-10-6-7-11-23(19)29)25(33)17-32(37(2,35)36)20-12-13-21(27)22(28)15-20/h3-13,15,24H,14,16-17H2,1-2H3,(H,30,34). The molecule has 3 rings (SSSR count). The summed E-state index contributed by atoms with van der Waals surface area (Å²) < 4.78 is 40.9. The van der Waals surface area contributed by atoms with E-state index in [2.05, 4.69) is 5.32 Å². The van der Waals surface area contributed by atoms with Gasteiger partial charge in [-0.15, -0.1) is 0 Å². The van der Waals surface area contributed by atoms with E-state index in [1.165, 1.54) is 48.3 Å². The molecule has 196 valence electrons. The Kier molecular flexibility index (Phi) is 9.53. The predicted molar refractivity (Wildman–Crippen MR) is 144 cm³/mol. The molecule has 0 radical (unpaired) electrons. The smallest absolute Gasteiger partial charge is 0.244 e. The van der Waals surface area contributed by atoms with Gasteiger partial charge in [0.1, 0.15) is 18.4 Å². The molecule has 0 spiro atoms. The van der Waals surface area contributed by atoms with Crippen molar-refractivity contribution < 1.29 is 22.4 Å². The molecule has 1 atom stereocenters. The van der Waals surface area contributed by atoms with Gasteiger partial charge in [0, 0.05) is 25.6 Å². The number of nitrogens with one attached hydrogen (secondary N) is 1. The number of halogens is 3. The summed E-state index contributed by atoms with van der Waals surface area (Å²) in [6.45, 7) is -0.900. The predicted octanol–water partition coefficient (Wildman–Crippen LogP) is 4.28. The molecule has 0 fully saturated rings. The Balaban J connectivity index is 2.05. The van der Waals surface area contributed by atoms with Crippen LogP contribution in [0.4, 0.5) is 10.1 Å². The zero-order valence-electron chi connectivity index (χ0n) is 20.2. The van der Waals surface area contributed by atoms with Crippen molar-refractivity contribution in [1.82, 2.24) is 10.2 Å². The van der Waals surface area contributed by atoms with Gasteiger partial charge >= 0.3 is 0 Å². The number of amides is 2. The van der Waals surface area contributed by atoms with Crippen molar-refractivity contribution in [3.05, 3.63) is 99.8 Å². The van der Waals surface area contributed by atoms with E-state index in [4.69, 9.17) is 23.2 Å². The molecular formula is C26H26Cl2FN3O4S. The first-order chi connectivity index (χ1) is 17.5. The summed E-state index contributed by atoms with van der Waals surface area (Å²) in [5.74, 6) is -1.74. The Labute approximate surface area is 225 Å². The second kappa shape index (κ2) is 12.4. The van der Waals surface area contributed by atoms with Gasteiger partial charge in [-0.25, -0.2) is 12.8 Å². The minimum Gasteiger partial charge on any atom is -0.357 e. The van der Waals surface area contributed by atoms with Crippen LogP contribution in [0.1, 0.15) is 11.1 Å². The molecule has 0 aliphatic carbocycles. The highest BCUT2D eigenvalue weighted by Gasteiger charge is 2.33. The van der Waals surface area contributed by atoms with Gasteiger partial charge in [0.2, 0.25) is 21.8 Å². The lowest BCUT2D eigenvalue weighted by molar-refractivity contribution is -0.139. The van der Waals surface area contributed by atoms with E-state index in [0.717, 1.165) is 16.1 Å². The maximum Gasteiger partial charge on any atom is 0.244 e. The van der Waals surface area contributed by atoms with Gasteiger partial charge in [-0.2, -0.15) is 0 Å². The number of carbonyl (C=O) groups excluding carboxylic acids is 2. The minimum absolute atomic E-state index is 0.107. The van der Waals surface area contributed by atoms with E-state index in [1.54, 1.807) is 30.3 Å². The molecule has 11 heteroatoms. The van der Waals surface area contributed by atoms with Gasteiger partial charge in [-0.1, -0.05) is 71.7 Å². The third-order valence-electron chi connectivity index (χ3n) is 5.69. The number of anilines is 1. The van der Waals surface area contributed by atoms with E-state index >= 15 is 0 Å². The Morgan fingerprint density at radius 3 is 2.22 bits per heavy atom. The zero-order valence-corrected chi connectivity index (χ0v) is 22.5. The van der Waals surface area contributed by atoms with E-state index in [9.17, 15) is 22.4 Å². The van der Waals surface area contributed by atoms with Crippen LogP contribution in [0, 0.1) is 5.82 Å². The van der Waals surface area contributed by atoms with E-state index in [-0.39, 0.29) is 34.3 Å². The third kappa shape index (κ3) is 7.44. The molecule has 3 aromatic rings.